The van der Waals surface area contributed by atoms with Crippen molar-refractivity contribution in [3.63, 3.8) is 0 Å². The van der Waals surface area contributed by atoms with E-state index in [0.29, 0.717) is 5.92 Å². The molecule has 0 aromatic heterocycles. The number of hydrogen-bond donors (Lipinski definition) is 0. The monoisotopic (exact) mass is 635 g/mol. The largest absolute Gasteiger partial charge is 0.310 e. The third-order valence-corrected chi connectivity index (χ3v) is 12.1. The molecule has 0 amide bonds. The molecule has 0 heterocycles. The summed E-state index contributed by atoms with van der Waals surface area (Å²) in [5.74, 6) is 0.704. The molecule has 6 aromatic rings. The minimum absolute atomic E-state index is 0.00945. The SMILES string of the molecule is CC1(C)c2ccc(-c3cccc4c3-c3ccccc3C4(C)C)cc2-c2ccc(N(c3ccccc3)c3ccc(C4CCCCC4)cc3)cc21. The van der Waals surface area contributed by atoms with Gasteiger partial charge in [0.25, 0.3) is 0 Å². The van der Waals surface area contributed by atoms with Crippen LogP contribution in [-0.4, -0.2) is 0 Å². The van der Waals surface area contributed by atoms with E-state index >= 15 is 0 Å². The molecule has 1 nitrogen and oxygen atoms in total. The first-order valence-corrected chi connectivity index (χ1v) is 18.3. The topological polar surface area (TPSA) is 3.24 Å². The molecule has 0 radical (unpaired) electrons. The van der Waals surface area contributed by atoms with Gasteiger partial charge in [0.15, 0.2) is 0 Å². The average molecular weight is 636 g/mol. The van der Waals surface area contributed by atoms with Gasteiger partial charge in [-0.15, -0.1) is 0 Å². The van der Waals surface area contributed by atoms with Crippen LogP contribution >= 0.6 is 0 Å². The minimum atomic E-state index is -0.111. The maximum Gasteiger partial charge on any atom is 0.0465 e. The summed E-state index contributed by atoms with van der Waals surface area (Å²) in [5, 5.41) is 0. The summed E-state index contributed by atoms with van der Waals surface area (Å²) < 4.78 is 0. The van der Waals surface area contributed by atoms with Gasteiger partial charge in [-0.3, -0.25) is 0 Å². The van der Waals surface area contributed by atoms with E-state index in [1.54, 1.807) is 0 Å². The number of rotatable bonds is 5. The highest BCUT2D eigenvalue weighted by atomic mass is 15.1. The van der Waals surface area contributed by atoms with Crippen LogP contribution in [0.15, 0.2) is 133 Å². The molecule has 0 spiro atoms. The second-order valence-corrected chi connectivity index (χ2v) is 15.6. The fourth-order valence-electron chi connectivity index (χ4n) is 9.40. The van der Waals surface area contributed by atoms with Gasteiger partial charge < -0.3 is 4.90 Å². The number of fused-ring (bicyclic) bond motifs is 6. The molecule has 0 aliphatic heterocycles. The Morgan fingerprint density at radius 3 is 1.88 bits per heavy atom. The molecule has 0 atom stereocenters. The smallest absolute Gasteiger partial charge is 0.0465 e. The predicted molar refractivity (Wildman–Crippen MR) is 208 cm³/mol. The van der Waals surface area contributed by atoms with Crippen molar-refractivity contribution in [3.05, 3.63) is 161 Å². The zero-order valence-electron chi connectivity index (χ0n) is 29.3. The Bertz CT molecular complexity index is 2200. The van der Waals surface area contributed by atoms with Crippen molar-refractivity contribution in [3.8, 4) is 33.4 Å². The molecule has 6 aromatic carbocycles. The van der Waals surface area contributed by atoms with Crippen LogP contribution in [0.4, 0.5) is 17.1 Å². The van der Waals surface area contributed by atoms with Crippen molar-refractivity contribution >= 4 is 17.1 Å². The number of nitrogens with zero attached hydrogens (tertiary/aromatic N) is 1. The Morgan fingerprint density at radius 1 is 0.449 bits per heavy atom. The highest BCUT2D eigenvalue weighted by Crippen LogP contribution is 2.55. The molecular weight excluding hydrogens is 591 g/mol. The van der Waals surface area contributed by atoms with Crippen LogP contribution in [0, 0.1) is 0 Å². The maximum atomic E-state index is 2.46. The van der Waals surface area contributed by atoms with Crippen molar-refractivity contribution < 1.29 is 0 Å². The molecule has 0 saturated heterocycles. The summed E-state index contributed by atoms with van der Waals surface area (Å²) in [6.45, 7) is 9.52. The second kappa shape index (κ2) is 11.3. The van der Waals surface area contributed by atoms with Crippen LogP contribution < -0.4 is 4.90 Å². The molecule has 1 fully saturated rings. The molecule has 0 N–H and O–H groups in total. The third-order valence-electron chi connectivity index (χ3n) is 12.1. The van der Waals surface area contributed by atoms with Gasteiger partial charge in [0, 0.05) is 27.9 Å². The predicted octanol–water partition coefficient (Wildman–Crippen LogP) is 13.5. The Balaban J connectivity index is 1.13. The molecule has 1 saturated carbocycles. The summed E-state index contributed by atoms with van der Waals surface area (Å²) in [4.78, 5) is 2.43. The lowest BCUT2D eigenvalue weighted by atomic mass is 9.81. The zero-order chi connectivity index (χ0) is 33.3. The van der Waals surface area contributed by atoms with Gasteiger partial charge >= 0.3 is 0 Å². The molecular formula is C48H45N. The van der Waals surface area contributed by atoms with Crippen LogP contribution in [0.2, 0.25) is 0 Å². The second-order valence-electron chi connectivity index (χ2n) is 15.6. The number of para-hydroxylation sites is 1. The fraction of sp³-hybridized carbons (Fsp3) is 0.250. The summed E-state index contributed by atoms with van der Waals surface area (Å²) >= 11 is 0. The molecule has 49 heavy (non-hydrogen) atoms. The Hall–Kier alpha value is -4.88. The fourth-order valence-corrected chi connectivity index (χ4v) is 9.40. The number of anilines is 3. The van der Waals surface area contributed by atoms with E-state index in [4.69, 9.17) is 0 Å². The molecule has 3 aliphatic carbocycles. The highest BCUT2D eigenvalue weighted by molar-refractivity contribution is 5.95. The van der Waals surface area contributed by atoms with Crippen molar-refractivity contribution in [2.45, 2.75) is 76.5 Å². The normalized spacial score (nSPS) is 16.8. The van der Waals surface area contributed by atoms with Crippen molar-refractivity contribution in [2.75, 3.05) is 4.90 Å². The maximum absolute atomic E-state index is 2.46. The van der Waals surface area contributed by atoms with Gasteiger partial charge in [-0.2, -0.15) is 0 Å². The van der Waals surface area contributed by atoms with E-state index in [0.717, 1.165) is 0 Å². The third kappa shape index (κ3) is 4.73. The van der Waals surface area contributed by atoms with Crippen LogP contribution in [0.5, 0.6) is 0 Å². The first kappa shape index (κ1) is 30.2. The van der Waals surface area contributed by atoms with Gasteiger partial charge in [0.2, 0.25) is 0 Å². The minimum Gasteiger partial charge on any atom is -0.310 e. The highest BCUT2D eigenvalue weighted by Gasteiger charge is 2.38. The lowest BCUT2D eigenvalue weighted by Gasteiger charge is -2.29. The van der Waals surface area contributed by atoms with Gasteiger partial charge in [-0.25, -0.2) is 0 Å². The lowest BCUT2D eigenvalue weighted by Crippen LogP contribution is -2.16. The van der Waals surface area contributed by atoms with Gasteiger partial charge in [0.05, 0.1) is 0 Å². The Morgan fingerprint density at radius 2 is 1.08 bits per heavy atom. The van der Waals surface area contributed by atoms with Gasteiger partial charge in [0.1, 0.15) is 0 Å². The zero-order valence-corrected chi connectivity index (χ0v) is 29.3. The molecule has 3 aliphatic rings. The van der Waals surface area contributed by atoms with Crippen molar-refractivity contribution in [1.82, 2.24) is 0 Å². The van der Waals surface area contributed by atoms with Crippen molar-refractivity contribution in [1.29, 1.82) is 0 Å². The first-order valence-electron chi connectivity index (χ1n) is 18.3. The Kier molecular flexibility index (Phi) is 6.99. The molecule has 0 bridgehead atoms. The van der Waals surface area contributed by atoms with Crippen molar-refractivity contribution in [2.24, 2.45) is 0 Å². The summed E-state index contributed by atoms with van der Waals surface area (Å²) in [6, 6.07) is 50.6. The van der Waals surface area contributed by atoms with Crippen LogP contribution in [0.3, 0.4) is 0 Å². The lowest BCUT2D eigenvalue weighted by molar-refractivity contribution is 0.443. The Labute approximate surface area is 292 Å². The van der Waals surface area contributed by atoms with Gasteiger partial charge in [-0.1, -0.05) is 138 Å². The summed E-state index contributed by atoms with van der Waals surface area (Å²) in [5.41, 5.74) is 18.7. The first-order chi connectivity index (χ1) is 23.8. The molecule has 242 valence electrons. The number of hydrogen-bond acceptors (Lipinski definition) is 1. The number of benzene rings is 6. The standard InChI is InChI=1S/C48H45N/c1-47(2)42-20-12-11-18-40(42)46-38(19-13-21-44(46)47)34-24-29-43-41(30-34)39-28-27-37(31-45(39)48(43,3)4)49(35-16-9-6-10-17-35)36-25-22-33(23-26-36)32-14-7-5-8-15-32/h6,9-13,16-32H,5,7-8,14-15H2,1-4H3. The van der Waals surface area contributed by atoms with Crippen LogP contribution in [-0.2, 0) is 10.8 Å². The van der Waals surface area contributed by atoms with E-state index in [9.17, 15) is 0 Å². The van der Waals surface area contributed by atoms with Crippen LogP contribution in [0.25, 0.3) is 33.4 Å². The summed E-state index contributed by atoms with van der Waals surface area (Å²) in [7, 11) is 0. The molecule has 9 rings (SSSR count). The summed E-state index contributed by atoms with van der Waals surface area (Å²) in [6.07, 6.45) is 6.75. The molecule has 1 heteroatoms. The van der Waals surface area contributed by atoms with E-state index in [1.165, 1.54) is 110 Å². The van der Waals surface area contributed by atoms with Gasteiger partial charge in [-0.05, 0) is 122 Å². The van der Waals surface area contributed by atoms with E-state index in [-0.39, 0.29) is 10.8 Å². The van der Waals surface area contributed by atoms with E-state index in [1.807, 2.05) is 0 Å². The van der Waals surface area contributed by atoms with E-state index in [2.05, 4.69) is 166 Å². The molecule has 0 unspecified atom stereocenters. The van der Waals surface area contributed by atoms with E-state index < -0.39 is 0 Å². The average Bonchev–Trinajstić information content (AvgIpc) is 3.52. The van der Waals surface area contributed by atoms with Crippen LogP contribution in [0.1, 0.15) is 93.5 Å². The quantitative estimate of drug-likeness (QED) is 0.182.